The van der Waals surface area contributed by atoms with Gasteiger partial charge in [-0.3, -0.25) is 5.10 Å². The second-order valence-electron chi connectivity index (χ2n) is 8.19. The van der Waals surface area contributed by atoms with Crippen LogP contribution < -0.4 is 10.1 Å². The number of aromatic nitrogens is 4. The van der Waals surface area contributed by atoms with E-state index >= 15 is 0 Å². The third-order valence-corrected chi connectivity index (χ3v) is 5.45. The molecule has 3 heterocycles. The molecule has 0 bridgehead atoms. The van der Waals surface area contributed by atoms with E-state index in [2.05, 4.69) is 55.6 Å². The van der Waals surface area contributed by atoms with Gasteiger partial charge in [-0.05, 0) is 70.4 Å². The number of hydrogen-bond acceptors (Lipinski definition) is 7. The van der Waals surface area contributed by atoms with Crippen molar-refractivity contribution in [2.75, 3.05) is 25.5 Å². The van der Waals surface area contributed by atoms with Crippen molar-refractivity contribution >= 4 is 24.0 Å². The van der Waals surface area contributed by atoms with Crippen molar-refractivity contribution in [2.24, 2.45) is 0 Å². The van der Waals surface area contributed by atoms with Crippen LogP contribution in [-0.4, -0.2) is 51.3 Å². The first-order chi connectivity index (χ1) is 15.0. The second-order valence-corrected chi connectivity index (χ2v) is 8.19. The molecular formula is C23H28ClN7O. The molecule has 0 unspecified atom stereocenters. The predicted molar refractivity (Wildman–Crippen MR) is 127 cm³/mol. The average Bonchev–Trinajstić information content (AvgIpc) is 3.22. The summed E-state index contributed by atoms with van der Waals surface area (Å²) < 4.78 is 6.17. The zero-order chi connectivity index (χ0) is 21.8. The zero-order valence-corrected chi connectivity index (χ0v) is 19.3. The lowest BCUT2D eigenvalue weighted by molar-refractivity contribution is 0.241. The van der Waals surface area contributed by atoms with Crippen molar-refractivity contribution in [3.63, 3.8) is 0 Å². The fourth-order valence-electron chi connectivity index (χ4n) is 3.81. The highest BCUT2D eigenvalue weighted by Gasteiger charge is 2.21. The summed E-state index contributed by atoms with van der Waals surface area (Å²) in [4.78, 5) is 10.6. The van der Waals surface area contributed by atoms with Crippen molar-refractivity contribution in [2.45, 2.75) is 38.7 Å². The van der Waals surface area contributed by atoms with E-state index in [1.165, 1.54) is 30.8 Å². The molecule has 3 aromatic rings. The molecule has 0 saturated carbocycles. The molecule has 0 atom stereocenters. The maximum Gasteiger partial charge on any atom is 0.158 e. The van der Waals surface area contributed by atoms with Crippen LogP contribution in [0.15, 0.2) is 36.7 Å². The Balaban J connectivity index is 0.00000289. The molecular weight excluding hydrogens is 426 g/mol. The molecule has 168 valence electrons. The fraction of sp³-hybridized carbons (Fsp3) is 0.391. The summed E-state index contributed by atoms with van der Waals surface area (Å²) in [6, 6.07) is 10.4. The second kappa shape index (κ2) is 10.4. The molecule has 1 aliphatic heterocycles. The highest BCUT2D eigenvalue weighted by atomic mass is 35.5. The molecule has 0 radical (unpaired) electrons. The average molecular weight is 454 g/mol. The summed E-state index contributed by atoms with van der Waals surface area (Å²) in [6.07, 6.45) is 5.34. The van der Waals surface area contributed by atoms with Crippen LogP contribution in [0.25, 0.3) is 11.3 Å². The molecule has 0 spiro atoms. The number of H-pyrrole nitrogens is 1. The molecule has 4 rings (SSSR count). The summed E-state index contributed by atoms with van der Waals surface area (Å²) >= 11 is 0. The van der Waals surface area contributed by atoms with Gasteiger partial charge in [0.15, 0.2) is 11.5 Å². The van der Waals surface area contributed by atoms with Crippen LogP contribution in [0.1, 0.15) is 43.9 Å². The molecule has 1 aromatic carbocycles. The van der Waals surface area contributed by atoms with Crippen LogP contribution in [0.3, 0.4) is 0 Å². The Morgan fingerprint density at radius 2 is 1.94 bits per heavy atom. The van der Waals surface area contributed by atoms with Gasteiger partial charge in [-0.15, -0.1) is 12.4 Å². The van der Waals surface area contributed by atoms with Gasteiger partial charge in [0, 0.05) is 11.6 Å². The van der Waals surface area contributed by atoms with Gasteiger partial charge >= 0.3 is 0 Å². The van der Waals surface area contributed by atoms with E-state index in [4.69, 9.17) is 10.00 Å². The minimum Gasteiger partial charge on any atom is -0.490 e. The molecule has 2 aromatic heterocycles. The number of ether oxygens (including phenoxy) is 1. The number of piperidine rings is 1. The van der Waals surface area contributed by atoms with Crippen LogP contribution in [0.5, 0.6) is 5.75 Å². The standard InChI is InChI=1S/C23H27N7O.ClH/c1-15(2)31-21-10-17(16-6-8-30(3)9-7-16)4-5-19(21)20-11-22(29-28-20)27-23-14-25-18(12-24)13-26-23;/h4-5,10-11,13-16H,6-9H2,1-3H3,(H2,26,27,28,29);1H. The lowest BCUT2D eigenvalue weighted by atomic mass is 9.88. The number of aromatic amines is 1. The Morgan fingerprint density at radius 3 is 2.59 bits per heavy atom. The first kappa shape index (κ1) is 23.5. The highest BCUT2D eigenvalue weighted by molar-refractivity contribution is 5.85. The van der Waals surface area contributed by atoms with E-state index < -0.39 is 0 Å². The van der Waals surface area contributed by atoms with Gasteiger partial charge in [0.25, 0.3) is 0 Å². The van der Waals surface area contributed by atoms with Crippen molar-refractivity contribution in [1.29, 1.82) is 5.26 Å². The van der Waals surface area contributed by atoms with E-state index in [-0.39, 0.29) is 24.2 Å². The molecule has 1 aliphatic rings. The fourth-order valence-corrected chi connectivity index (χ4v) is 3.81. The van der Waals surface area contributed by atoms with Crippen LogP contribution in [-0.2, 0) is 0 Å². The monoisotopic (exact) mass is 453 g/mol. The predicted octanol–water partition coefficient (Wildman–Crippen LogP) is 4.50. The first-order valence-electron chi connectivity index (χ1n) is 10.6. The number of anilines is 2. The summed E-state index contributed by atoms with van der Waals surface area (Å²) in [5.74, 6) is 2.56. The van der Waals surface area contributed by atoms with Crippen molar-refractivity contribution in [3.05, 3.63) is 47.9 Å². The molecule has 2 N–H and O–H groups in total. The maximum atomic E-state index is 8.85. The highest BCUT2D eigenvalue weighted by Crippen LogP contribution is 2.36. The number of hydrogen-bond donors (Lipinski definition) is 2. The molecule has 1 saturated heterocycles. The van der Waals surface area contributed by atoms with E-state index in [1.807, 2.05) is 26.0 Å². The Morgan fingerprint density at radius 1 is 1.16 bits per heavy atom. The SMILES string of the molecule is CC(C)Oc1cc(C2CCN(C)CC2)ccc1-c1cc(Nc2cnc(C#N)cn2)n[nH]1.Cl. The van der Waals surface area contributed by atoms with Gasteiger partial charge in [0.1, 0.15) is 17.6 Å². The van der Waals surface area contributed by atoms with Crippen LogP contribution in [0.4, 0.5) is 11.6 Å². The molecule has 32 heavy (non-hydrogen) atoms. The number of nitrogens with one attached hydrogen (secondary N) is 2. The summed E-state index contributed by atoms with van der Waals surface area (Å²) in [5.41, 5.74) is 3.43. The van der Waals surface area contributed by atoms with Crippen molar-refractivity contribution in [1.82, 2.24) is 25.1 Å². The number of nitrogens with zero attached hydrogens (tertiary/aromatic N) is 5. The van der Waals surface area contributed by atoms with E-state index in [1.54, 1.807) is 0 Å². The maximum absolute atomic E-state index is 8.85. The Bertz CT molecular complexity index is 1070. The number of nitriles is 1. The summed E-state index contributed by atoms with van der Waals surface area (Å²) in [7, 11) is 2.18. The van der Waals surface area contributed by atoms with Gasteiger partial charge in [0.05, 0.1) is 24.2 Å². The van der Waals surface area contributed by atoms with Gasteiger partial charge < -0.3 is 15.0 Å². The normalized spacial score (nSPS) is 14.6. The Hall–Kier alpha value is -3.15. The van der Waals surface area contributed by atoms with Gasteiger partial charge in [-0.2, -0.15) is 10.4 Å². The number of benzene rings is 1. The third-order valence-electron chi connectivity index (χ3n) is 5.45. The van der Waals surface area contributed by atoms with Gasteiger partial charge in [-0.1, -0.05) is 6.07 Å². The number of likely N-dealkylation sites (tertiary alicyclic amines) is 1. The molecule has 0 aliphatic carbocycles. The Labute approximate surface area is 194 Å². The molecule has 0 amide bonds. The van der Waals surface area contributed by atoms with E-state index in [0.717, 1.165) is 30.1 Å². The molecule has 9 heteroatoms. The third kappa shape index (κ3) is 5.55. The first-order valence-corrected chi connectivity index (χ1v) is 10.6. The lowest BCUT2D eigenvalue weighted by Gasteiger charge is -2.29. The van der Waals surface area contributed by atoms with Gasteiger partial charge in [0.2, 0.25) is 0 Å². The van der Waals surface area contributed by atoms with E-state index in [9.17, 15) is 0 Å². The number of rotatable bonds is 6. The number of halogens is 1. The quantitative estimate of drug-likeness (QED) is 0.566. The molecule has 8 nitrogen and oxygen atoms in total. The summed E-state index contributed by atoms with van der Waals surface area (Å²) in [5, 5.41) is 19.4. The van der Waals surface area contributed by atoms with Crippen molar-refractivity contribution < 1.29 is 4.74 Å². The van der Waals surface area contributed by atoms with Gasteiger partial charge in [-0.25, -0.2) is 9.97 Å². The Kier molecular flexibility index (Phi) is 7.67. The molecule has 1 fully saturated rings. The van der Waals surface area contributed by atoms with Crippen molar-refractivity contribution in [3.8, 4) is 23.1 Å². The smallest absolute Gasteiger partial charge is 0.158 e. The lowest BCUT2D eigenvalue weighted by Crippen LogP contribution is -2.29. The van der Waals surface area contributed by atoms with Crippen LogP contribution in [0.2, 0.25) is 0 Å². The van der Waals surface area contributed by atoms with E-state index in [0.29, 0.717) is 17.6 Å². The summed E-state index contributed by atoms with van der Waals surface area (Å²) in [6.45, 7) is 6.33. The van der Waals surface area contributed by atoms with Crippen LogP contribution in [0, 0.1) is 11.3 Å². The minimum absolute atomic E-state index is 0. The largest absolute Gasteiger partial charge is 0.490 e. The van der Waals surface area contributed by atoms with Crippen LogP contribution >= 0.6 is 12.4 Å². The minimum atomic E-state index is 0. The zero-order valence-electron chi connectivity index (χ0n) is 18.5. The topological polar surface area (TPSA) is 103 Å².